The molecule has 0 saturated carbocycles. The van der Waals surface area contributed by atoms with Gasteiger partial charge in [0.2, 0.25) is 0 Å². The zero-order valence-corrected chi connectivity index (χ0v) is 21.3. The van der Waals surface area contributed by atoms with Gasteiger partial charge in [0, 0.05) is 6.04 Å². The molecule has 0 spiro atoms. The van der Waals surface area contributed by atoms with Crippen molar-refractivity contribution in [2.45, 2.75) is 142 Å². The molecule has 182 valence electrons. The molecular formula is C27H59N3. The summed E-state index contributed by atoms with van der Waals surface area (Å²) in [4.78, 5) is 0. The van der Waals surface area contributed by atoms with E-state index in [0.29, 0.717) is 6.04 Å². The highest BCUT2D eigenvalue weighted by molar-refractivity contribution is 4.69. The first-order chi connectivity index (χ1) is 14.8. The summed E-state index contributed by atoms with van der Waals surface area (Å²) in [6, 6.07) is 0.712. The molecule has 3 heteroatoms. The first-order valence-corrected chi connectivity index (χ1v) is 14.0. The fourth-order valence-electron chi connectivity index (χ4n) is 4.11. The Hall–Kier alpha value is -0.120. The zero-order chi connectivity index (χ0) is 22.0. The van der Waals surface area contributed by atoms with E-state index in [4.69, 9.17) is 0 Å². The highest BCUT2D eigenvalue weighted by atomic mass is 14.9. The minimum Gasteiger partial charge on any atom is -0.317 e. The predicted octanol–water partition coefficient (Wildman–Crippen LogP) is 7.21. The van der Waals surface area contributed by atoms with E-state index in [1.165, 1.54) is 148 Å². The molecule has 3 nitrogen and oxygen atoms in total. The third kappa shape index (κ3) is 24.2. The quantitative estimate of drug-likeness (QED) is 0.128. The summed E-state index contributed by atoms with van der Waals surface area (Å²) >= 11 is 0. The van der Waals surface area contributed by atoms with E-state index >= 15 is 0 Å². The molecule has 3 N–H and O–H groups in total. The van der Waals surface area contributed by atoms with Gasteiger partial charge < -0.3 is 16.0 Å². The molecule has 0 unspecified atom stereocenters. The van der Waals surface area contributed by atoms with Gasteiger partial charge in [-0.25, -0.2) is 0 Å². The fourth-order valence-corrected chi connectivity index (χ4v) is 4.11. The van der Waals surface area contributed by atoms with Crippen LogP contribution in [0, 0.1) is 0 Å². The highest BCUT2D eigenvalue weighted by Crippen LogP contribution is 2.07. The van der Waals surface area contributed by atoms with Crippen molar-refractivity contribution in [3.63, 3.8) is 0 Å². The molecule has 0 atom stereocenters. The van der Waals surface area contributed by atoms with Crippen LogP contribution in [0.2, 0.25) is 0 Å². The Bertz CT molecular complexity index is 274. The monoisotopic (exact) mass is 425 g/mol. The first-order valence-electron chi connectivity index (χ1n) is 14.0. The molecule has 30 heavy (non-hydrogen) atoms. The van der Waals surface area contributed by atoms with E-state index in [9.17, 15) is 0 Å². The maximum absolute atomic E-state index is 3.87. The third-order valence-corrected chi connectivity index (χ3v) is 6.19. The van der Waals surface area contributed by atoms with Crippen molar-refractivity contribution in [2.75, 3.05) is 32.7 Å². The van der Waals surface area contributed by atoms with Crippen molar-refractivity contribution in [3.8, 4) is 0 Å². The Kier molecular flexibility index (Phi) is 26.8. The molecule has 0 aromatic carbocycles. The van der Waals surface area contributed by atoms with Gasteiger partial charge in [0.25, 0.3) is 0 Å². The molecule has 0 aliphatic heterocycles. The van der Waals surface area contributed by atoms with Crippen LogP contribution in [-0.4, -0.2) is 38.8 Å². The van der Waals surface area contributed by atoms with Crippen molar-refractivity contribution in [1.82, 2.24) is 16.0 Å². The van der Waals surface area contributed by atoms with Crippen LogP contribution in [0.3, 0.4) is 0 Å². The molecule has 0 aromatic heterocycles. The second kappa shape index (κ2) is 26.9. The third-order valence-electron chi connectivity index (χ3n) is 6.19. The van der Waals surface area contributed by atoms with Gasteiger partial charge in [-0.3, -0.25) is 0 Å². The fraction of sp³-hybridized carbons (Fsp3) is 1.00. The van der Waals surface area contributed by atoms with E-state index in [1.807, 2.05) is 0 Å². The van der Waals surface area contributed by atoms with Gasteiger partial charge in [0.1, 0.15) is 0 Å². The van der Waals surface area contributed by atoms with Gasteiger partial charge in [-0.15, -0.1) is 0 Å². The van der Waals surface area contributed by atoms with Gasteiger partial charge in [0.15, 0.2) is 0 Å². The molecule has 0 aliphatic carbocycles. The molecule has 0 aromatic rings. The Balaban J connectivity index is 3.75. The van der Waals surface area contributed by atoms with E-state index < -0.39 is 0 Å². The second-order valence-corrected chi connectivity index (χ2v) is 9.32. The Morgan fingerprint density at radius 1 is 0.400 bits per heavy atom. The number of hydrogen-bond acceptors (Lipinski definition) is 3. The van der Waals surface area contributed by atoms with Gasteiger partial charge in [-0.05, 0) is 77.7 Å². The summed E-state index contributed by atoms with van der Waals surface area (Å²) < 4.78 is 0. The second-order valence-electron chi connectivity index (χ2n) is 9.32. The molecule has 0 amide bonds. The molecule has 0 heterocycles. The highest BCUT2D eigenvalue weighted by Gasteiger charge is 2.07. The van der Waals surface area contributed by atoms with Crippen molar-refractivity contribution in [2.24, 2.45) is 0 Å². The summed E-state index contributed by atoms with van der Waals surface area (Å²) in [6.07, 6.45) is 24.5. The number of hydrogen-bond donors (Lipinski definition) is 3. The van der Waals surface area contributed by atoms with Crippen LogP contribution in [-0.2, 0) is 0 Å². The minimum atomic E-state index is 0.712. The van der Waals surface area contributed by atoms with Gasteiger partial charge in [0.05, 0.1) is 0 Å². The minimum absolute atomic E-state index is 0.712. The Morgan fingerprint density at radius 3 is 1.23 bits per heavy atom. The van der Waals surface area contributed by atoms with E-state index in [2.05, 4.69) is 36.7 Å². The molecule has 0 aliphatic rings. The molecular weight excluding hydrogens is 366 g/mol. The van der Waals surface area contributed by atoms with Crippen molar-refractivity contribution in [1.29, 1.82) is 0 Å². The van der Waals surface area contributed by atoms with Gasteiger partial charge in [-0.2, -0.15) is 0 Å². The van der Waals surface area contributed by atoms with Crippen LogP contribution in [0.5, 0.6) is 0 Å². The predicted molar refractivity (Wildman–Crippen MR) is 138 cm³/mol. The standard InChI is InChI=1S/C27H59N3/c1-4-7-10-13-15-22-28-24-18-20-27(30-26-17-12-9-6-3)21-19-25-29-23-16-14-11-8-5-2/h27-30H,4-26H2,1-3H3. The maximum Gasteiger partial charge on any atom is 0.00680 e. The number of nitrogens with one attached hydrogen (secondary N) is 3. The smallest absolute Gasteiger partial charge is 0.00680 e. The molecule has 0 radical (unpaired) electrons. The van der Waals surface area contributed by atoms with Crippen molar-refractivity contribution >= 4 is 0 Å². The van der Waals surface area contributed by atoms with E-state index in [-0.39, 0.29) is 0 Å². The van der Waals surface area contributed by atoms with Crippen LogP contribution in [0.4, 0.5) is 0 Å². The summed E-state index contributed by atoms with van der Waals surface area (Å²) in [5.41, 5.74) is 0. The molecule has 0 bridgehead atoms. The SMILES string of the molecule is CCCCCCCNCCCC(CCCNCCCCCCC)NCCCCCC. The summed E-state index contributed by atoms with van der Waals surface area (Å²) in [5.74, 6) is 0. The Morgan fingerprint density at radius 2 is 0.767 bits per heavy atom. The van der Waals surface area contributed by atoms with Crippen LogP contribution in [0.15, 0.2) is 0 Å². The average molecular weight is 426 g/mol. The van der Waals surface area contributed by atoms with Crippen molar-refractivity contribution < 1.29 is 0 Å². The van der Waals surface area contributed by atoms with Crippen LogP contribution in [0.1, 0.15) is 136 Å². The summed E-state index contributed by atoms with van der Waals surface area (Å²) in [6.45, 7) is 12.9. The molecule has 0 saturated heterocycles. The summed E-state index contributed by atoms with van der Waals surface area (Å²) in [5, 5.41) is 11.2. The molecule has 0 rings (SSSR count). The Labute approximate surface area is 191 Å². The lowest BCUT2D eigenvalue weighted by Gasteiger charge is -2.19. The lowest BCUT2D eigenvalue weighted by Crippen LogP contribution is -2.32. The van der Waals surface area contributed by atoms with Crippen molar-refractivity contribution in [3.05, 3.63) is 0 Å². The van der Waals surface area contributed by atoms with Crippen LogP contribution < -0.4 is 16.0 Å². The first kappa shape index (κ1) is 29.9. The zero-order valence-electron chi connectivity index (χ0n) is 21.3. The lowest BCUT2D eigenvalue weighted by atomic mass is 10.0. The maximum atomic E-state index is 3.87. The summed E-state index contributed by atoms with van der Waals surface area (Å²) in [7, 11) is 0. The number of unbranched alkanes of at least 4 members (excludes halogenated alkanes) is 11. The van der Waals surface area contributed by atoms with E-state index in [0.717, 1.165) is 0 Å². The lowest BCUT2D eigenvalue weighted by molar-refractivity contribution is 0.412. The topological polar surface area (TPSA) is 36.1 Å². The van der Waals surface area contributed by atoms with Gasteiger partial charge >= 0.3 is 0 Å². The van der Waals surface area contributed by atoms with Gasteiger partial charge in [-0.1, -0.05) is 91.4 Å². The average Bonchev–Trinajstić information content (AvgIpc) is 2.76. The van der Waals surface area contributed by atoms with Crippen LogP contribution >= 0.6 is 0 Å². The van der Waals surface area contributed by atoms with Crippen LogP contribution in [0.25, 0.3) is 0 Å². The largest absolute Gasteiger partial charge is 0.317 e. The number of rotatable bonds is 26. The molecule has 0 fully saturated rings. The van der Waals surface area contributed by atoms with E-state index in [1.54, 1.807) is 0 Å². The normalized spacial score (nSPS) is 11.6.